The van der Waals surface area contributed by atoms with Gasteiger partial charge in [-0.2, -0.15) is 0 Å². The van der Waals surface area contributed by atoms with Crippen LogP contribution < -0.4 is 10.2 Å². The van der Waals surface area contributed by atoms with Gasteiger partial charge in [0, 0.05) is 38.3 Å². The van der Waals surface area contributed by atoms with E-state index < -0.39 is 0 Å². The van der Waals surface area contributed by atoms with Gasteiger partial charge in [0.1, 0.15) is 0 Å². The van der Waals surface area contributed by atoms with Crippen molar-refractivity contribution >= 4 is 17.5 Å². The molecule has 2 aliphatic rings. The number of likely N-dealkylation sites (tertiary alicyclic amines) is 1. The van der Waals surface area contributed by atoms with Crippen LogP contribution in [0.3, 0.4) is 0 Å². The molecule has 5 nitrogen and oxygen atoms in total. The van der Waals surface area contributed by atoms with E-state index in [4.69, 9.17) is 0 Å². The number of anilines is 1. The summed E-state index contributed by atoms with van der Waals surface area (Å²) in [4.78, 5) is 28.5. The predicted octanol–water partition coefficient (Wildman–Crippen LogP) is 2.42. The second-order valence-electron chi connectivity index (χ2n) is 7.22. The van der Waals surface area contributed by atoms with E-state index in [2.05, 4.69) is 12.2 Å². The Morgan fingerprint density at radius 2 is 1.96 bits per heavy atom. The van der Waals surface area contributed by atoms with Gasteiger partial charge in [-0.05, 0) is 37.3 Å². The van der Waals surface area contributed by atoms with Crippen LogP contribution in [0.4, 0.5) is 5.69 Å². The van der Waals surface area contributed by atoms with Crippen molar-refractivity contribution in [1.82, 2.24) is 10.2 Å². The number of nitrogens with one attached hydrogen (secondary N) is 1. The van der Waals surface area contributed by atoms with E-state index >= 15 is 0 Å². The summed E-state index contributed by atoms with van der Waals surface area (Å²) >= 11 is 0. The second kappa shape index (κ2) is 8.00. The molecule has 25 heavy (non-hydrogen) atoms. The normalized spacial score (nSPS) is 27.4. The number of carbonyl (C=O) groups is 2. The molecule has 2 aliphatic heterocycles. The summed E-state index contributed by atoms with van der Waals surface area (Å²) in [6.45, 7) is 6.19. The molecular formula is C20H29N3O2. The molecule has 136 valence electrons. The fraction of sp³-hybridized carbons (Fsp3) is 0.600. The van der Waals surface area contributed by atoms with Gasteiger partial charge in [0.05, 0.1) is 6.04 Å². The number of piperidine rings is 2. The summed E-state index contributed by atoms with van der Waals surface area (Å²) in [6, 6.07) is 10.1. The maximum Gasteiger partial charge on any atom is 0.244 e. The topological polar surface area (TPSA) is 52.7 Å². The molecule has 2 saturated heterocycles. The zero-order chi connectivity index (χ0) is 17.8. The van der Waals surface area contributed by atoms with Gasteiger partial charge in [-0.1, -0.05) is 31.5 Å². The van der Waals surface area contributed by atoms with E-state index in [9.17, 15) is 9.59 Å². The highest BCUT2D eigenvalue weighted by Crippen LogP contribution is 2.25. The molecule has 0 spiro atoms. The van der Waals surface area contributed by atoms with E-state index in [1.807, 2.05) is 40.1 Å². The van der Waals surface area contributed by atoms with E-state index in [1.165, 1.54) is 0 Å². The first-order valence-electron chi connectivity index (χ1n) is 9.48. The van der Waals surface area contributed by atoms with Crippen LogP contribution in [0.1, 0.15) is 39.5 Å². The molecule has 1 aromatic rings. The molecule has 2 heterocycles. The van der Waals surface area contributed by atoms with Gasteiger partial charge in [-0.15, -0.1) is 0 Å². The lowest BCUT2D eigenvalue weighted by atomic mass is 9.88. The van der Waals surface area contributed by atoms with Crippen LogP contribution in [-0.2, 0) is 9.59 Å². The molecule has 5 heteroatoms. The van der Waals surface area contributed by atoms with Crippen molar-refractivity contribution in [2.24, 2.45) is 5.92 Å². The highest BCUT2D eigenvalue weighted by molar-refractivity contribution is 5.97. The monoisotopic (exact) mass is 343 g/mol. The maximum absolute atomic E-state index is 13.0. The molecule has 3 rings (SSSR count). The molecular weight excluding hydrogens is 314 g/mol. The minimum atomic E-state index is -0.114. The Labute approximate surface area is 150 Å². The minimum Gasteiger partial charge on any atom is -0.343 e. The van der Waals surface area contributed by atoms with Crippen molar-refractivity contribution in [1.29, 1.82) is 0 Å². The van der Waals surface area contributed by atoms with Crippen molar-refractivity contribution in [3.63, 3.8) is 0 Å². The molecule has 0 aromatic heterocycles. The van der Waals surface area contributed by atoms with Gasteiger partial charge < -0.3 is 15.1 Å². The largest absolute Gasteiger partial charge is 0.343 e. The van der Waals surface area contributed by atoms with Gasteiger partial charge in [-0.25, -0.2) is 0 Å². The molecule has 1 N–H and O–H groups in total. The molecule has 0 aliphatic carbocycles. The van der Waals surface area contributed by atoms with Crippen LogP contribution in [-0.4, -0.2) is 48.4 Å². The van der Waals surface area contributed by atoms with Crippen LogP contribution >= 0.6 is 0 Å². The number of nitrogens with zero attached hydrogens (tertiary/aromatic N) is 2. The molecule has 2 fully saturated rings. The highest BCUT2D eigenvalue weighted by Gasteiger charge is 2.35. The van der Waals surface area contributed by atoms with Gasteiger partial charge in [0.25, 0.3) is 0 Å². The summed E-state index contributed by atoms with van der Waals surface area (Å²) in [7, 11) is 0. The van der Waals surface area contributed by atoms with Gasteiger partial charge in [0.15, 0.2) is 0 Å². The summed E-state index contributed by atoms with van der Waals surface area (Å²) in [5, 5.41) is 3.64. The number of amides is 2. The zero-order valence-electron chi connectivity index (χ0n) is 15.3. The molecule has 3 unspecified atom stereocenters. The highest BCUT2D eigenvalue weighted by atomic mass is 16.2. The zero-order valence-corrected chi connectivity index (χ0v) is 15.3. The number of carbonyl (C=O) groups excluding carboxylic acids is 2. The summed E-state index contributed by atoms with van der Waals surface area (Å²) in [6.07, 6.45) is 3.85. The predicted molar refractivity (Wildman–Crippen MR) is 99.4 cm³/mol. The SMILES string of the molecule is CCC1CN(C(C)=O)CCC1NC1CCCN(c2ccccc2)C1=O. The Morgan fingerprint density at radius 1 is 1.20 bits per heavy atom. The number of benzene rings is 1. The van der Waals surface area contributed by atoms with Crippen LogP contribution in [0.2, 0.25) is 0 Å². The Morgan fingerprint density at radius 3 is 2.64 bits per heavy atom. The van der Waals surface area contributed by atoms with Crippen LogP contribution in [0, 0.1) is 5.92 Å². The maximum atomic E-state index is 13.0. The third-order valence-electron chi connectivity index (χ3n) is 5.63. The molecule has 0 saturated carbocycles. The Balaban J connectivity index is 1.65. The number of rotatable bonds is 4. The van der Waals surface area contributed by atoms with Crippen LogP contribution in [0.25, 0.3) is 0 Å². The van der Waals surface area contributed by atoms with Crippen molar-refractivity contribution in [2.75, 3.05) is 24.5 Å². The molecule has 1 aromatic carbocycles. The van der Waals surface area contributed by atoms with Crippen molar-refractivity contribution in [3.05, 3.63) is 30.3 Å². The quantitative estimate of drug-likeness (QED) is 0.913. The minimum absolute atomic E-state index is 0.114. The number of hydrogen-bond acceptors (Lipinski definition) is 3. The third-order valence-corrected chi connectivity index (χ3v) is 5.63. The van der Waals surface area contributed by atoms with E-state index in [0.29, 0.717) is 12.0 Å². The fourth-order valence-electron chi connectivity index (χ4n) is 4.10. The van der Waals surface area contributed by atoms with Crippen LogP contribution in [0.5, 0.6) is 0 Å². The summed E-state index contributed by atoms with van der Waals surface area (Å²) in [5.74, 6) is 0.750. The van der Waals surface area contributed by atoms with Crippen molar-refractivity contribution < 1.29 is 9.59 Å². The lowest BCUT2D eigenvalue weighted by molar-refractivity contribution is -0.131. The Kier molecular flexibility index (Phi) is 5.74. The molecule has 0 bridgehead atoms. The number of hydrogen-bond donors (Lipinski definition) is 1. The van der Waals surface area contributed by atoms with E-state index in [0.717, 1.165) is 51.0 Å². The molecule has 2 amide bonds. The van der Waals surface area contributed by atoms with E-state index in [-0.39, 0.29) is 17.9 Å². The van der Waals surface area contributed by atoms with Crippen molar-refractivity contribution in [2.45, 2.75) is 51.6 Å². The van der Waals surface area contributed by atoms with Gasteiger partial charge in [-0.3, -0.25) is 9.59 Å². The van der Waals surface area contributed by atoms with Crippen LogP contribution in [0.15, 0.2) is 30.3 Å². The fourth-order valence-corrected chi connectivity index (χ4v) is 4.10. The Hall–Kier alpha value is -1.88. The molecule has 3 atom stereocenters. The summed E-state index contributed by atoms with van der Waals surface area (Å²) < 4.78 is 0. The number of para-hydroxylation sites is 1. The van der Waals surface area contributed by atoms with Gasteiger partial charge in [0.2, 0.25) is 11.8 Å². The standard InChI is InChI=1S/C20H29N3O2/c1-3-16-14-22(15(2)24)13-11-18(16)21-19-10-7-12-23(20(19)25)17-8-5-4-6-9-17/h4-6,8-9,16,18-19,21H,3,7,10-14H2,1-2H3. The second-order valence-corrected chi connectivity index (χ2v) is 7.22. The lowest BCUT2D eigenvalue weighted by Gasteiger charge is -2.41. The Bertz CT molecular complexity index is 604. The average Bonchev–Trinajstić information content (AvgIpc) is 2.64. The first kappa shape index (κ1) is 17.9. The summed E-state index contributed by atoms with van der Waals surface area (Å²) in [5.41, 5.74) is 0.984. The first-order chi connectivity index (χ1) is 12.1. The average molecular weight is 343 g/mol. The third kappa shape index (κ3) is 4.03. The van der Waals surface area contributed by atoms with E-state index in [1.54, 1.807) is 6.92 Å². The smallest absolute Gasteiger partial charge is 0.244 e. The first-order valence-corrected chi connectivity index (χ1v) is 9.48. The van der Waals surface area contributed by atoms with Gasteiger partial charge >= 0.3 is 0 Å². The molecule has 0 radical (unpaired) electrons. The van der Waals surface area contributed by atoms with Crippen molar-refractivity contribution in [3.8, 4) is 0 Å². The lowest BCUT2D eigenvalue weighted by Crippen LogP contribution is -2.58.